The van der Waals surface area contributed by atoms with Crippen LogP contribution in [-0.4, -0.2) is 123 Å². The molecule has 27 heteroatoms. The van der Waals surface area contributed by atoms with Crippen LogP contribution in [0.15, 0.2) is 352 Å². The fourth-order valence-electron chi connectivity index (χ4n) is 16.5. The van der Waals surface area contributed by atoms with Crippen LogP contribution in [-0.2, 0) is 0 Å². The summed E-state index contributed by atoms with van der Waals surface area (Å²) < 4.78 is 44.6. The fourth-order valence-corrected chi connectivity index (χ4v) is 16.5. The molecule has 15 aromatic carbocycles. The zero-order chi connectivity index (χ0) is 104. The van der Waals surface area contributed by atoms with Crippen LogP contribution in [0, 0.1) is 27.7 Å². The number of phenols is 5. The number of para-hydroxylation sites is 13. The van der Waals surface area contributed by atoms with Crippen molar-refractivity contribution in [3.05, 3.63) is 459 Å². The molecule has 0 fully saturated rings. The largest absolute Gasteiger partial charge is 0.504 e. The van der Waals surface area contributed by atoms with Gasteiger partial charge < -0.3 is 58.7 Å². The van der Waals surface area contributed by atoms with E-state index in [1.807, 2.05) is 210 Å². The lowest BCUT2D eigenvalue weighted by Gasteiger charge is -2.14. The van der Waals surface area contributed by atoms with Gasteiger partial charge in [0.05, 0.1) is 133 Å². The van der Waals surface area contributed by atoms with Crippen LogP contribution in [0.2, 0.25) is 0 Å². The third kappa shape index (κ3) is 22.1. The topological polar surface area (TPSA) is 340 Å². The summed E-state index contributed by atoms with van der Waals surface area (Å²) in [7, 11) is 10.7. The van der Waals surface area contributed by atoms with Gasteiger partial charge in [0, 0.05) is 33.9 Å². The molecule has 27 nitrogen and oxygen atoms in total. The van der Waals surface area contributed by atoms with Gasteiger partial charge >= 0.3 is 0 Å². The maximum atomic E-state index is 13.4. The summed E-state index contributed by atoms with van der Waals surface area (Å²) in [6.45, 7) is 7.89. The summed E-state index contributed by atoms with van der Waals surface area (Å²) in [4.78, 5) is 90.0. The molecule has 0 amide bonds. The summed E-state index contributed by atoms with van der Waals surface area (Å²) >= 11 is 0. The minimum absolute atomic E-state index is 0.0169. The van der Waals surface area contributed by atoms with E-state index in [0.717, 1.165) is 39.3 Å². The number of rotatable bonds is 22. The van der Waals surface area contributed by atoms with Crippen LogP contribution in [0.4, 0.5) is 0 Å². The van der Waals surface area contributed by atoms with Gasteiger partial charge in [-0.05, 0) is 239 Å². The van der Waals surface area contributed by atoms with E-state index in [0.29, 0.717) is 163 Å². The smallest absolute Gasteiger partial charge is 0.266 e. The quantitative estimate of drug-likeness (QED) is 0.0421. The first-order chi connectivity index (χ1) is 71.9. The van der Waals surface area contributed by atoms with Gasteiger partial charge in [0.2, 0.25) is 0 Å². The van der Waals surface area contributed by atoms with Gasteiger partial charge in [0.25, 0.3) is 27.8 Å². The Hall–Kier alpha value is -19.7. The van der Waals surface area contributed by atoms with E-state index in [9.17, 15) is 49.5 Å². The van der Waals surface area contributed by atoms with E-state index >= 15 is 0 Å². The van der Waals surface area contributed by atoms with Crippen LogP contribution >= 0.6 is 0 Å². The van der Waals surface area contributed by atoms with Crippen molar-refractivity contribution in [1.29, 1.82) is 0 Å². The molecular weight excluding hydrogens is 1870 g/mol. The van der Waals surface area contributed by atoms with E-state index in [1.54, 1.807) is 234 Å². The number of ether oxygens (including phenoxy) is 7. The highest BCUT2D eigenvalue weighted by atomic mass is 16.5. The number of methoxy groups -OCH3 is 7. The van der Waals surface area contributed by atoms with Crippen molar-refractivity contribution in [3.8, 4) is 97.4 Å². The van der Waals surface area contributed by atoms with Crippen molar-refractivity contribution in [1.82, 2.24) is 47.8 Å². The highest BCUT2D eigenvalue weighted by molar-refractivity contribution is 5.87. The second kappa shape index (κ2) is 46.4. The van der Waals surface area contributed by atoms with E-state index in [2.05, 4.69) is 15.0 Å². The van der Waals surface area contributed by atoms with E-state index in [4.69, 9.17) is 43.1 Å². The molecule has 0 aliphatic heterocycles. The van der Waals surface area contributed by atoms with E-state index in [1.165, 1.54) is 44.7 Å². The highest BCUT2D eigenvalue weighted by Gasteiger charge is 2.22. The van der Waals surface area contributed by atoms with Gasteiger partial charge in [0.15, 0.2) is 57.5 Å². The van der Waals surface area contributed by atoms with E-state index < -0.39 is 0 Å². The number of aromatic hydroxyl groups is 5. The zero-order valence-electron chi connectivity index (χ0n) is 82.6. The normalized spacial score (nSPS) is 11.2. The average molecular weight is 1970 g/mol. The lowest BCUT2D eigenvalue weighted by atomic mass is 10.1. The number of hydrogen-bond donors (Lipinski definition) is 5. The molecule has 0 atom stereocenters. The molecule has 5 heterocycles. The van der Waals surface area contributed by atoms with Gasteiger partial charge in [-0.15, -0.1) is 0 Å². The Labute approximate surface area is 850 Å². The van der Waals surface area contributed by atoms with Gasteiger partial charge in [-0.25, -0.2) is 24.9 Å². The molecule has 0 unspecified atom stereocenters. The second-order valence-corrected chi connectivity index (χ2v) is 33.6. The molecule has 5 N–H and O–H groups in total. The first kappa shape index (κ1) is 101. The van der Waals surface area contributed by atoms with Crippen molar-refractivity contribution in [2.45, 2.75) is 27.7 Å². The summed E-state index contributed by atoms with van der Waals surface area (Å²) in [5.74, 6) is 5.53. The molecule has 0 bridgehead atoms. The molecule has 0 aliphatic rings. The summed E-state index contributed by atoms with van der Waals surface area (Å²) in [6.07, 6.45) is 17.1. The summed E-state index contributed by atoms with van der Waals surface area (Å²) in [5, 5.41) is 54.5. The summed E-state index contributed by atoms with van der Waals surface area (Å²) in [6, 6.07) is 98.3. The third-order valence-corrected chi connectivity index (χ3v) is 24.2. The van der Waals surface area contributed by atoms with Crippen molar-refractivity contribution >= 4 is 115 Å². The maximum absolute atomic E-state index is 13.4. The monoisotopic (exact) mass is 1970 g/mol. The van der Waals surface area contributed by atoms with Crippen molar-refractivity contribution in [2.75, 3.05) is 49.8 Å². The number of fused-ring (bicyclic) bond motifs is 5. The fraction of sp³-hybridized carbons (Fsp3) is 0.0909. The Balaban J connectivity index is 0.000000132. The average Bonchev–Trinajstić information content (AvgIpc) is 0.822. The van der Waals surface area contributed by atoms with Gasteiger partial charge in [0.1, 0.15) is 40.6 Å². The molecule has 20 rings (SSSR count). The van der Waals surface area contributed by atoms with Crippen molar-refractivity contribution in [2.24, 2.45) is 0 Å². The number of hydrogen-bond acceptors (Lipinski definition) is 22. The van der Waals surface area contributed by atoms with Crippen LogP contribution in [0.3, 0.4) is 0 Å². The second-order valence-electron chi connectivity index (χ2n) is 33.6. The number of aromatic nitrogens is 10. The number of benzene rings is 15. The number of aryl methyl sites for hydroxylation is 4. The third-order valence-electron chi connectivity index (χ3n) is 24.2. The molecule has 0 aliphatic carbocycles. The zero-order valence-corrected chi connectivity index (χ0v) is 82.6. The predicted molar refractivity (Wildman–Crippen MR) is 587 cm³/mol. The predicted octanol–water partition coefficient (Wildman–Crippen LogP) is 22.6. The molecule has 5 aromatic heterocycles. The van der Waals surface area contributed by atoms with Crippen LogP contribution in [0.25, 0.3) is 144 Å². The standard InChI is InChI=1S/C25H22N2O4.C24H20N2O4.3C24H20N2O3/c1-16-11-13-18(15-22(16)31-3)27-23(26-20-9-5-4-8-19(20)25(27)29)14-12-17-7-6-10-21(30-2)24(17)28;1-29-20-12-6-5-11-19(20)26-22(25-18-10-4-3-9-17(18)24(26)28)15-14-16-8-7-13-21(30-2)23(16)27;1-16-8-3-6-12-20(16)26-22(25-19-11-5-4-10-18(19)24(26)28)15-14-17-9-7-13-21(29-2)23(17)27;2*1-16-10-13-18(14-11-16)26-22(25-20-8-4-3-7-19(20)24(26)28)15-12-17-6-5-9-21(29-2)23(17)27/h4-15,28H,1-3H3;3-15,27H,1-2H3;3*3-15,27H,1-2H3/b14-12+;2*15-14+;2*15-12+. The Morgan fingerprint density at radius 3 is 0.730 bits per heavy atom. The minimum Gasteiger partial charge on any atom is -0.504 e. The molecule has 0 saturated heterocycles. The Morgan fingerprint density at radius 1 is 0.209 bits per heavy atom. The van der Waals surface area contributed by atoms with Gasteiger partial charge in [-0.2, -0.15) is 0 Å². The molecule has 0 radical (unpaired) electrons. The van der Waals surface area contributed by atoms with Gasteiger partial charge in [-0.1, -0.05) is 193 Å². The van der Waals surface area contributed by atoms with Gasteiger partial charge in [-0.3, -0.25) is 46.8 Å². The molecule has 0 saturated carbocycles. The van der Waals surface area contributed by atoms with Crippen LogP contribution < -0.4 is 61.0 Å². The number of phenolic OH excluding ortho intramolecular Hbond substituents is 5. The first-order valence-electron chi connectivity index (χ1n) is 46.7. The lowest BCUT2D eigenvalue weighted by molar-refractivity contribution is 0.373. The van der Waals surface area contributed by atoms with E-state index in [-0.39, 0.29) is 56.5 Å². The Bertz CT molecular complexity index is 8670. The molecule has 148 heavy (non-hydrogen) atoms. The first-order valence-corrected chi connectivity index (χ1v) is 46.7. The molecule has 738 valence electrons. The van der Waals surface area contributed by atoms with Crippen molar-refractivity contribution in [3.63, 3.8) is 0 Å². The van der Waals surface area contributed by atoms with Crippen molar-refractivity contribution < 1.29 is 58.7 Å². The highest BCUT2D eigenvalue weighted by Crippen LogP contribution is 2.38. The number of nitrogens with zero attached hydrogens (tertiary/aromatic N) is 10. The summed E-state index contributed by atoms with van der Waals surface area (Å²) in [5.41, 5.74) is 12.6. The Kier molecular flexibility index (Phi) is 31.7. The minimum atomic E-state index is -0.209. The molecule has 20 aromatic rings. The van der Waals surface area contributed by atoms with Crippen LogP contribution in [0.1, 0.15) is 79.2 Å². The SMILES string of the molecule is COc1cc(-n2c(/C=C/c3cccc(OC)c3O)nc3ccccc3c2=O)ccc1C.COc1cccc(/C=C/c2nc3ccccc3c(=O)n2-c2ccc(C)cc2)c1O.COc1cccc(/C=C/c2nc3ccccc3c(=O)n2-c2ccc(C)cc2)c1O.COc1cccc(/C=C/c2nc3ccccc3c(=O)n2-c2ccccc2C)c1O.COc1ccccc1-n1c(/C=C/c2cccc(OC)c2O)nc2ccccc2c1=O. The Morgan fingerprint density at radius 2 is 0.439 bits per heavy atom. The molecular formula is C121H102N10O17. The lowest BCUT2D eigenvalue weighted by Crippen LogP contribution is -2.23. The van der Waals surface area contributed by atoms with Crippen LogP contribution in [0.5, 0.6) is 69.0 Å². The molecule has 0 spiro atoms. The maximum Gasteiger partial charge on any atom is 0.266 e.